The summed E-state index contributed by atoms with van der Waals surface area (Å²) < 4.78 is 25.1. The van der Waals surface area contributed by atoms with Gasteiger partial charge in [0.2, 0.25) is 5.91 Å². The Morgan fingerprint density at radius 3 is 2.36 bits per heavy atom. The molecule has 3 amide bonds. The van der Waals surface area contributed by atoms with Gasteiger partial charge >= 0.3 is 6.03 Å². The van der Waals surface area contributed by atoms with Crippen LogP contribution in [0.15, 0.2) is 12.3 Å². The topological polar surface area (TPSA) is 105 Å². The first kappa shape index (κ1) is 19.2. The molecule has 3 fully saturated rings. The van der Waals surface area contributed by atoms with Crippen LogP contribution in [0.1, 0.15) is 38.1 Å². The molecule has 1 unspecified atom stereocenters. The lowest BCUT2D eigenvalue weighted by Gasteiger charge is -2.34. The SMILES string of the molecule is O=C(Nc1ccnn1C1CCS(=O)(=O)C1)C1CCN(C(=O)N2CCCC2)CC1. The van der Waals surface area contributed by atoms with Gasteiger partial charge in [-0.15, -0.1) is 0 Å². The number of hydrogen-bond donors (Lipinski definition) is 1. The van der Waals surface area contributed by atoms with Crippen molar-refractivity contribution in [2.75, 3.05) is 43.0 Å². The van der Waals surface area contributed by atoms with Crippen molar-refractivity contribution < 1.29 is 18.0 Å². The molecule has 1 N–H and O–H groups in total. The molecule has 0 aromatic carbocycles. The van der Waals surface area contributed by atoms with Gasteiger partial charge in [0, 0.05) is 38.2 Å². The highest BCUT2D eigenvalue weighted by atomic mass is 32.2. The minimum atomic E-state index is -3.02. The quantitative estimate of drug-likeness (QED) is 0.805. The highest BCUT2D eigenvalue weighted by molar-refractivity contribution is 7.91. The van der Waals surface area contributed by atoms with E-state index in [2.05, 4.69) is 10.4 Å². The lowest BCUT2D eigenvalue weighted by atomic mass is 9.96. The Hall–Kier alpha value is -2.10. The lowest BCUT2D eigenvalue weighted by molar-refractivity contribution is -0.121. The Bertz CT molecular complexity index is 838. The van der Waals surface area contributed by atoms with E-state index in [0.717, 1.165) is 25.9 Å². The largest absolute Gasteiger partial charge is 0.325 e. The van der Waals surface area contributed by atoms with Crippen LogP contribution < -0.4 is 5.32 Å². The molecule has 3 aliphatic rings. The molecule has 0 aliphatic carbocycles. The van der Waals surface area contributed by atoms with Crippen molar-refractivity contribution in [3.05, 3.63) is 12.3 Å². The number of urea groups is 1. The first-order valence-electron chi connectivity index (χ1n) is 10.0. The van der Waals surface area contributed by atoms with Crippen LogP contribution in [-0.4, -0.2) is 77.6 Å². The molecule has 154 valence electrons. The van der Waals surface area contributed by atoms with Gasteiger partial charge in [-0.2, -0.15) is 5.10 Å². The van der Waals surface area contributed by atoms with Crippen molar-refractivity contribution in [2.45, 2.75) is 38.1 Å². The Morgan fingerprint density at radius 2 is 1.71 bits per heavy atom. The van der Waals surface area contributed by atoms with E-state index in [1.54, 1.807) is 16.9 Å². The second-order valence-corrected chi connectivity index (χ2v) is 10.2. The Labute approximate surface area is 165 Å². The van der Waals surface area contributed by atoms with Crippen molar-refractivity contribution in [3.63, 3.8) is 0 Å². The minimum absolute atomic E-state index is 0.0640. The number of carbonyl (C=O) groups excluding carboxylic acids is 2. The summed E-state index contributed by atoms with van der Waals surface area (Å²) in [5, 5.41) is 7.14. The van der Waals surface area contributed by atoms with Crippen LogP contribution in [0.5, 0.6) is 0 Å². The summed E-state index contributed by atoms with van der Waals surface area (Å²) in [7, 11) is -3.02. The number of anilines is 1. The van der Waals surface area contributed by atoms with E-state index in [1.807, 2.05) is 9.80 Å². The molecule has 9 nitrogen and oxygen atoms in total. The predicted molar refractivity (Wildman–Crippen MR) is 104 cm³/mol. The van der Waals surface area contributed by atoms with E-state index in [1.165, 1.54) is 0 Å². The van der Waals surface area contributed by atoms with Gasteiger partial charge in [0.1, 0.15) is 5.82 Å². The maximum absolute atomic E-state index is 12.7. The normalized spacial score (nSPS) is 25.2. The molecule has 0 saturated carbocycles. The summed E-state index contributed by atoms with van der Waals surface area (Å²) in [5.74, 6) is 0.528. The highest BCUT2D eigenvalue weighted by Gasteiger charge is 2.33. The zero-order valence-corrected chi connectivity index (χ0v) is 16.7. The number of carbonyl (C=O) groups is 2. The molecule has 0 bridgehead atoms. The number of sulfone groups is 1. The van der Waals surface area contributed by atoms with Crippen LogP contribution in [0.25, 0.3) is 0 Å². The fourth-order valence-electron chi connectivity index (χ4n) is 4.34. The summed E-state index contributed by atoms with van der Waals surface area (Å²) in [4.78, 5) is 28.9. The second-order valence-electron chi connectivity index (χ2n) is 7.95. The number of nitrogens with one attached hydrogen (secondary N) is 1. The molecule has 1 atom stereocenters. The standard InChI is InChI=1S/C18H27N5O4S/c24-17(14-4-10-22(11-5-14)18(25)21-8-1-2-9-21)20-16-3-7-19-23(16)15-6-12-28(26,27)13-15/h3,7,14-15H,1-2,4-6,8-13H2,(H,20,24). The van der Waals surface area contributed by atoms with Crippen molar-refractivity contribution >= 4 is 27.6 Å². The van der Waals surface area contributed by atoms with Gasteiger partial charge < -0.3 is 15.1 Å². The number of rotatable bonds is 3. The smallest absolute Gasteiger partial charge is 0.319 e. The first-order valence-corrected chi connectivity index (χ1v) is 11.8. The molecule has 3 aliphatic heterocycles. The molecule has 0 spiro atoms. The fraction of sp³-hybridized carbons (Fsp3) is 0.722. The Morgan fingerprint density at radius 1 is 1.04 bits per heavy atom. The summed E-state index contributed by atoms with van der Waals surface area (Å²) in [6, 6.07) is 1.57. The van der Waals surface area contributed by atoms with Gasteiger partial charge in [-0.3, -0.25) is 4.79 Å². The van der Waals surface area contributed by atoms with Crippen molar-refractivity contribution in [1.29, 1.82) is 0 Å². The average molecular weight is 410 g/mol. The van der Waals surface area contributed by atoms with Gasteiger partial charge in [-0.25, -0.2) is 17.9 Å². The molecule has 0 radical (unpaired) electrons. The summed E-state index contributed by atoms with van der Waals surface area (Å²) in [6.45, 7) is 2.85. The highest BCUT2D eigenvalue weighted by Crippen LogP contribution is 2.27. The van der Waals surface area contributed by atoms with E-state index in [-0.39, 0.29) is 35.4 Å². The van der Waals surface area contributed by atoms with Gasteiger partial charge in [-0.05, 0) is 32.1 Å². The van der Waals surface area contributed by atoms with E-state index in [9.17, 15) is 18.0 Å². The van der Waals surface area contributed by atoms with Crippen LogP contribution in [0.4, 0.5) is 10.6 Å². The van der Waals surface area contributed by atoms with Crippen LogP contribution in [0.3, 0.4) is 0 Å². The molecule has 4 heterocycles. The summed E-state index contributed by atoms with van der Waals surface area (Å²) >= 11 is 0. The summed E-state index contributed by atoms with van der Waals surface area (Å²) in [5.41, 5.74) is 0. The monoisotopic (exact) mass is 409 g/mol. The van der Waals surface area contributed by atoms with Crippen LogP contribution >= 0.6 is 0 Å². The molecule has 4 rings (SSSR count). The number of hydrogen-bond acceptors (Lipinski definition) is 5. The maximum Gasteiger partial charge on any atom is 0.319 e. The molecule has 10 heteroatoms. The Balaban J connectivity index is 1.32. The van der Waals surface area contributed by atoms with E-state index < -0.39 is 9.84 Å². The van der Waals surface area contributed by atoms with Crippen LogP contribution in [0, 0.1) is 5.92 Å². The molecule has 28 heavy (non-hydrogen) atoms. The molecule has 3 saturated heterocycles. The molecule has 1 aromatic heterocycles. The van der Waals surface area contributed by atoms with Crippen molar-refractivity contribution in [1.82, 2.24) is 19.6 Å². The van der Waals surface area contributed by atoms with E-state index in [0.29, 0.717) is 38.2 Å². The number of piperidine rings is 1. The summed E-state index contributed by atoms with van der Waals surface area (Å²) in [6.07, 6.45) is 5.51. The number of nitrogens with zero attached hydrogens (tertiary/aromatic N) is 4. The number of amides is 3. The third-order valence-corrected chi connectivity index (χ3v) is 7.74. The van der Waals surface area contributed by atoms with Gasteiger partial charge in [0.15, 0.2) is 9.84 Å². The van der Waals surface area contributed by atoms with Crippen molar-refractivity contribution in [2.24, 2.45) is 5.92 Å². The van der Waals surface area contributed by atoms with E-state index in [4.69, 9.17) is 0 Å². The maximum atomic E-state index is 12.7. The number of aromatic nitrogens is 2. The second kappa shape index (κ2) is 7.73. The molecular formula is C18H27N5O4S. The van der Waals surface area contributed by atoms with Gasteiger partial charge in [0.05, 0.1) is 23.7 Å². The Kier molecular flexibility index (Phi) is 5.31. The third-order valence-electron chi connectivity index (χ3n) is 5.99. The number of likely N-dealkylation sites (tertiary alicyclic amines) is 2. The molecular weight excluding hydrogens is 382 g/mol. The first-order chi connectivity index (χ1) is 13.4. The molecule has 1 aromatic rings. The van der Waals surface area contributed by atoms with Gasteiger partial charge in [0.25, 0.3) is 0 Å². The fourth-order valence-corrected chi connectivity index (χ4v) is 6.03. The van der Waals surface area contributed by atoms with Crippen LogP contribution in [-0.2, 0) is 14.6 Å². The predicted octanol–water partition coefficient (Wildman–Crippen LogP) is 1.11. The third kappa shape index (κ3) is 4.01. The zero-order valence-electron chi connectivity index (χ0n) is 15.9. The average Bonchev–Trinajstić information content (AvgIpc) is 3.42. The van der Waals surface area contributed by atoms with Crippen LogP contribution in [0.2, 0.25) is 0 Å². The van der Waals surface area contributed by atoms with Crippen molar-refractivity contribution in [3.8, 4) is 0 Å². The minimum Gasteiger partial charge on any atom is -0.325 e. The zero-order chi connectivity index (χ0) is 19.7. The van der Waals surface area contributed by atoms with Gasteiger partial charge in [-0.1, -0.05) is 0 Å². The van der Waals surface area contributed by atoms with E-state index >= 15 is 0 Å². The lowest BCUT2D eigenvalue weighted by Crippen LogP contribution is -2.47.